The molecule has 0 N–H and O–H groups in total. The van der Waals surface area contributed by atoms with Crippen molar-refractivity contribution in [1.29, 1.82) is 10.5 Å². The largest absolute Gasteiger partial charge is 0.340 e. The third kappa shape index (κ3) is 2.99. The molecule has 2 saturated heterocycles. The summed E-state index contributed by atoms with van der Waals surface area (Å²) in [6.45, 7) is 3.58. The van der Waals surface area contributed by atoms with E-state index in [0.717, 1.165) is 49.7 Å². The van der Waals surface area contributed by atoms with E-state index in [4.69, 9.17) is 10.5 Å². The molecule has 2 aromatic rings. The monoisotopic (exact) mass is 330 g/mol. The van der Waals surface area contributed by atoms with Crippen LogP contribution < -0.4 is 4.90 Å². The van der Waals surface area contributed by atoms with Gasteiger partial charge in [-0.25, -0.2) is 9.97 Å². The predicted molar refractivity (Wildman–Crippen MR) is 93.2 cm³/mol. The van der Waals surface area contributed by atoms with Gasteiger partial charge in [0.2, 0.25) is 5.95 Å². The van der Waals surface area contributed by atoms with E-state index in [1.807, 2.05) is 35.5 Å². The van der Waals surface area contributed by atoms with Gasteiger partial charge in [0.25, 0.3) is 0 Å². The summed E-state index contributed by atoms with van der Waals surface area (Å²) in [5.74, 6) is 1.89. The van der Waals surface area contributed by atoms with E-state index in [1.165, 1.54) is 0 Å². The molecule has 2 fully saturated rings. The average molecular weight is 330 g/mol. The lowest BCUT2D eigenvalue weighted by Crippen LogP contribution is -2.36. The summed E-state index contributed by atoms with van der Waals surface area (Å²) in [5, 5.41) is 18.1. The topological polar surface area (TPSA) is 79.8 Å². The molecule has 2 aliphatic heterocycles. The first-order valence-corrected chi connectivity index (χ1v) is 8.49. The zero-order valence-corrected chi connectivity index (χ0v) is 13.8. The number of fused-ring (bicyclic) bond motifs is 1. The molecule has 1 aromatic heterocycles. The van der Waals surface area contributed by atoms with Crippen molar-refractivity contribution in [2.75, 3.05) is 31.1 Å². The number of anilines is 1. The van der Waals surface area contributed by atoms with Crippen LogP contribution in [-0.2, 0) is 0 Å². The first-order valence-electron chi connectivity index (χ1n) is 8.49. The Kier molecular flexibility index (Phi) is 3.95. The number of hydrogen-bond acceptors (Lipinski definition) is 6. The zero-order chi connectivity index (χ0) is 17.2. The molecule has 4 rings (SSSR count). The van der Waals surface area contributed by atoms with E-state index in [0.29, 0.717) is 17.4 Å². The average Bonchev–Trinajstić information content (AvgIpc) is 3.11. The Balaban J connectivity index is 1.50. The van der Waals surface area contributed by atoms with Crippen LogP contribution >= 0.6 is 0 Å². The lowest BCUT2D eigenvalue weighted by atomic mass is 9.89. The molecular formula is C19H18N6. The van der Waals surface area contributed by atoms with E-state index in [1.54, 1.807) is 6.07 Å². The number of hydrogen-bond donors (Lipinski definition) is 0. The summed E-state index contributed by atoms with van der Waals surface area (Å²) in [7, 11) is 0. The summed E-state index contributed by atoms with van der Waals surface area (Å²) in [5.41, 5.74) is 2.49. The molecule has 2 unspecified atom stereocenters. The Hall–Kier alpha value is -3.12. The Bertz CT molecular complexity index is 847. The number of nitrogens with zero attached hydrogens (tertiary/aromatic N) is 6. The van der Waals surface area contributed by atoms with Gasteiger partial charge >= 0.3 is 0 Å². The van der Waals surface area contributed by atoms with E-state index >= 15 is 0 Å². The minimum absolute atomic E-state index is 0.518. The van der Waals surface area contributed by atoms with Crippen LogP contribution in [0.1, 0.15) is 12.0 Å². The van der Waals surface area contributed by atoms with Crippen molar-refractivity contribution in [3.63, 3.8) is 0 Å². The Labute approximate surface area is 147 Å². The molecule has 0 amide bonds. The number of piperidine rings is 1. The smallest absolute Gasteiger partial charge is 0.225 e. The van der Waals surface area contributed by atoms with Gasteiger partial charge in [-0.05, 0) is 36.0 Å². The molecule has 0 bridgehead atoms. The van der Waals surface area contributed by atoms with Gasteiger partial charge in [0.15, 0.2) is 6.19 Å². The fraction of sp³-hybridized carbons (Fsp3) is 0.368. The molecule has 0 radical (unpaired) electrons. The number of aromatic nitrogens is 2. The first-order chi connectivity index (χ1) is 12.3. The standard InChI is InChI=1S/C19H18N6/c20-7-14-2-1-3-15(6-14)17-8-22-19(23-9-17)25-11-16-4-5-24(13-21)10-18(16)12-25/h1-3,6,8-9,16,18H,4-5,10-12H2. The lowest BCUT2D eigenvalue weighted by Gasteiger charge is -2.30. The van der Waals surface area contributed by atoms with Gasteiger partial charge in [0, 0.05) is 44.1 Å². The summed E-state index contributed by atoms with van der Waals surface area (Å²) in [4.78, 5) is 13.2. The molecule has 25 heavy (non-hydrogen) atoms. The first kappa shape index (κ1) is 15.4. The van der Waals surface area contributed by atoms with Crippen LogP contribution in [0, 0.1) is 34.6 Å². The van der Waals surface area contributed by atoms with Crippen LogP contribution in [0.2, 0.25) is 0 Å². The van der Waals surface area contributed by atoms with Crippen molar-refractivity contribution in [3.8, 4) is 23.4 Å². The van der Waals surface area contributed by atoms with Crippen LogP contribution in [0.5, 0.6) is 0 Å². The molecule has 3 heterocycles. The molecule has 6 nitrogen and oxygen atoms in total. The number of likely N-dealkylation sites (tertiary alicyclic amines) is 1. The highest BCUT2D eigenvalue weighted by molar-refractivity contribution is 5.64. The molecule has 6 heteroatoms. The number of benzene rings is 1. The fourth-order valence-corrected chi connectivity index (χ4v) is 3.82. The highest BCUT2D eigenvalue weighted by Crippen LogP contribution is 2.32. The van der Waals surface area contributed by atoms with Crippen molar-refractivity contribution in [2.24, 2.45) is 11.8 Å². The van der Waals surface area contributed by atoms with Crippen molar-refractivity contribution in [1.82, 2.24) is 14.9 Å². The van der Waals surface area contributed by atoms with Gasteiger partial charge in [0.1, 0.15) is 0 Å². The summed E-state index contributed by atoms with van der Waals surface area (Å²) in [6.07, 6.45) is 6.97. The molecule has 0 saturated carbocycles. The van der Waals surface area contributed by atoms with Gasteiger partial charge in [-0.15, -0.1) is 0 Å². The number of nitriles is 2. The van der Waals surface area contributed by atoms with Crippen LogP contribution in [0.4, 0.5) is 5.95 Å². The SMILES string of the molecule is N#Cc1cccc(-c2cnc(N3CC4CCN(C#N)CC4C3)nc2)c1. The van der Waals surface area contributed by atoms with Crippen LogP contribution in [0.15, 0.2) is 36.7 Å². The molecule has 0 aliphatic carbocycles. The quantitative estimate of drug-likeness (QED) is 0.786. The third-order valence-electron chi connectivity index (χ3n) is 5.19. The number of rotatable bonds is 2. The third-order valence-corrected chi connectivity index (χ3v) is 5.19. The normalized spacial score (nSPS) is 22.2. The molecule has 0 spiro atoms. The fourth-order valence-electron chi connectivity index (χ4n) is 3.82. The van der Waals surface area contributed by atoms with Gasteiger partial charge < -0.3 is 9.80 Å². The summed E-state index contributed by atoms with van der Waals surface area (Å²) in [6, 6.07) is 9.61. The minimum Gasteiger partial charge on any atom is -0.340 e. The summed E-state index contributed by atoms with van der Waals surface area (Å²) >= 11 is 0. The van der Waals surface area contributed by atoms with E-state index in [9.17, 15) is 0 Å². The van der Waals surface area contributed by atoms with Crippen molar-refractivity contribution in [3.05, 3.63) is 42.2 Å². The van der Waals surface area contributed by atoms with Crippen molar-refractivity contribution >= 4 is 5.95 Å². The summed E-state index contributed by atoms with van der Waals surface area (Å²) < 4.78 is 0. The molecule has 2 aliphatic rings. The van der Waals surface area contributed by atoms with E-state index in [2.05, 4.69) is 27.1 Å². The second-order valence-electron chi connectivity index (χ2n) is 6.72. The van der Waals surface area contributed by atoms with Crippen LogP contribution in [0.25, 0.3) is 11.1 Å². The van der Waals surface area contributed by atoms with E-state index in [-0.39, 0.29) is 0 Å². The Morgan fingerprint density at radius 3 is 2.56 bits per heavy atom. The maximum Gasteiger partial charge on any atom is 0.225 e. The van der Waals surface area contributed by atoms with Gasteiger partial charge in [0.05, 0.1) is 11.6 Å². The van der Waals surface area contributed by atoms with Crippen molar-refractivity contribution in [2.45, 2.75) is 6.42 Å². The molecule has 124 valence electrons. The van der Waals surface area contributed by atoms with Crippen LogP contribution in [-0.4, -0.2) is 41.0 Å². The highest BCUT2D eigenvalue weighted by atomic mass is 15.3. The van der Waals surface area contributed by atoms with E-state index < -0.39 is 0 Å². The van der Waals surface area contributed by atoms with Crippen LogP contribution in [0.3, 0.4) is 0 Å². The molecular weight excluding hydrogens is 312 g/mol. The van der Waals surface area contributed by atoms with Crippen molar-refractivity contribution < 1.29 is 0 Å². The highest BCUT2D eigenvalue weighted by Gasteiger charge is 2.37. The molecule has 2 atom stereocenters. The second kappa shape index (κ2) is 6.41. The zero-order valence-electron chi connectivity index (χ0n) is 13.8. The minimum atomic E-state index is 0.518. The molecule has 1 aromatic carbocycles. The maximum atomic E-state index is 9.09. The van der Waals surface area contributed by atoms with Gasteiger partial charge in [-0.3, -0.25) is 0 Å². The lowest BCUT2D eigenvalue weighted by molar-refractivity contribution is 0.207. The van der Waals surface area contributed by atoms with Gasteiger partial charge in [-0.2, -0.15) is 10.5 Å². The van der Waals surface area contributed by atoms with Gasteiger partial charge in [-0.1, -0.05) is 12.1 Å². The Morgan fingerprint density at radius 1 is 1.00 bits per heavy atom. The Morgan fingerprint density at radius 2 is 1.80 bits per heavy atom. The maximum absolute atomic E-state index is 9.09. The predicted octanol–water partition coefficient (Wildman–Crippen LogP) is 2.25. The second-order valence-corrected chi connectivity index (χ2v) is 6.72.